The van der Waals surface area contributed by atoms with Crippen molar-refractivity contribution in [1.82, 2.24) is 10.3 Å². The molecule has 20 heavy (non-hydrogen) atoms. The Morgan fingerprint density at radius 2 is 2.20 bits per heavy atom. The number of hydrogen-bond donors (Lipinski definition) is 2. The molecule has 0 radical (unpaired) electrons. The molecule has 0 bridgehead atoms. The summed E-state index contributed by atoms with van der Waals surface area (Å²) in [6, 6.07) is 3.83. The second kappa shape index (κ2) is 6.03. The van der Waals surface area contributed by atoms with Crippen LogP contribution in [0, 0.1) is 0 Å². The molecule has 0 spiro atoms. The molecule has 4 nitrogen and oxygen atoms in total. The number of aromatic nitrogens is 1. The van der Waals surface area contributed by atoms with Gasteiger partial charge in [-0.25, -0.2) is 4.98 Å². The average Bonchev–Trinajstić information content (AvgIpc) is 3.11. The van der Waals surface area contributed by atoms with Gasteiger partial charge >= 0.3 is 0 Å². The van der Waals surface area contributed by atoms with E-state index >= 15 is 0 Å². The van der Waals surface area contributed by atoms with E-state index in [1.54, 1.807) is 16.7 Å². The Bertz CT molecular complexity index is 580. The highest BCUT2D eigenvalue weighted by Gasteiger charge is 2.25. The maximum Gasteiger partial charge on any atom is 0.271 e. The molecular formula is C14H16N2O2S2. The zero-order chi connectivity index (χ0) is 13.9. The van der Waals surface area contributed by atoms with Crippen molar-refractivity contribution in [3.8, 4) is 9.88 Å². The first kappa shape index (κ1) is 13.7. The number of amides is 1. The summed E-state index contributed by atoms with van der Waals surface area (Å²) >= 11 is 3.09. The molecule has 2 atom stereocenters. The molecule has 1 amide bonds. The van der Waals surface area contributed by atoms with Gasteiger partial charge < -0.3 is 10.4 Å². The van der Waals surface area contributed by atoms with Gasteiger partial charge in [0.2, 0.25) is 0 Å². The van der Waals surface area contributed by atoms with Crippen molar-refractivity contribution in [2.45, 2.75) is 37.8 Å². The van der Waals surface area contributed by atoms with Crippen LogP contribution in [0.3, 0.4) is 0 Å². The van der Waals surface area contributed by atoms with E-state index in [1.807, 2.05) is 17.5 Å². The first-order chi connectivity index (χ1) is 9.74. The molecule has 1 saturated carbocycles. The number of thiazole rings is 1. The lowest BCUT2D eigenvalue weighted by atomic mass is 9.92. The molecule has 2 aromatic rings. The molecule has 2 heterocycles. The summed E-state index contributed by atoms with van der Waals surface area (Å²) in [5, 5.41) is 17.4. The Hall–Kier alpha value is -1.24. The van der Waals surface area contributed by atoms with Crippen LogP contribution in [-0.4, -0.2) is 28.1 Å². The average molecular weight is 308 g/mol. The lowest BCUT2D eigenvalue weighted by Gasteiger charge is -2.27. The van der Waals surface area contributed by atoms with Crippen LogP contribution >= 0.6 is 22.7 Å². The molecule has 0 saturated heterocycles. The van der Waals surface area contributed by atoms with Crippen molar-refractivity contribution in [3.05, 3.63) is 28.6 Å². The summed E-state index contributed by atoms with van der Waals surface area (Å²) in [6.07, 6.45) is 3.27. The topological polar surface area (TPSA) is 62.2 Å². The van der Waals surface area contributed by atoms with Crippen molar-refractivity contribution in [3.63, 3.8) is 0 Å². The molecule has 2 unspecified atom stereocenters. The smallest absolute Gasteiger partial charge is 0.271 e. The number of aliphatic hydroxyl groups excluding tert-OH is 1. The van der Waals surface area contributed by atoms with Gasteiger partial charge in [0.25, 0.3) is 5.91 Å². The lowest BCUT2D eigenvalue weighted by molar-refractivity contribution is 0.0714. The van der Waals surface area contributed by atoms with E-state index in [0.29, 0.717) is 5.69 Å². The van der Waals surface area contributed by atoms with Gasteiger partial charge in [0, 0.05) is 5.38 Å². The highest BCUT2D eigenvalue weighted by Crippen LogP contribution is 2.28. The summed E-state index contributed by atoms with van der Waals surface area (Å²) in [4.78, 5) is 17.6. The number of carbonyl (C=O) groups is 1. The minimum atomic E-state index is -0.428. The fourth-order valence-corrected chi connectivity index (χ4v) is 4.03. The monoisotopic (exact) mass is 308 g/mol. The lowest BCUT2D eigenvalue weighted by Crippen LogP contribution is -2.45. The molecule has 3 rings (SSSR count). The van der Waals surface area contributed by atoms with E-state index in [9.17, 15) is 9.90 Å². The van der Waals surface area contributed by atoms with Crippen LogP contribution in [0.4, 0.5) is 0 Å². The van der Waals surface area contributed by atoms with E-state index < -0.39 is 6.10 Å². The number of thiophene rings is 1. The largest absolute Gasteiger partial charge is 0.391 e. The fourth-order valence-electron chi connectivity index (χ4n) is 2.41. The number of aliphatic hydroxyl groups is 1. The van der Waals surface area contributed by atoms with Crippen LogP contribution in [0.15, 0.2) is 22.9 Å². The van der Waals surface area contributed by atoms with E-state index in [1.165, 1.54) is 11.3 Å². The number of nitrogens with one attached hydrogen (secondary N) is 1. The number of carbonyl (C=O) groups excluding carboxylic acids is 1. The van der Waals surface area contributed by atoms with Gasteiger partial charge in [-0.1, -0.05) is 18.9 Å². The van der Waals surface area contributed by atoms with Crippen LogP contribution in [0.25, 0.3) is 9.88 Å². The highest BCUT2D eigenvalue weighted by atomic mass is 32.1. The van der Waals surface area contributed by atoms with Crippen molar-refractivity contribution in [2.75, 3.05) is 0 Å². The van der Waals surface area contributed by atoms with Gasteiger partial charge in [0.05, 0.1) is 17.0 Å². The molecular weight excluding hydrogens is 292 g/mol. The second-order valence-electron chi connectivity index (χ2n) is 4.95. The predicted molar refractivity (Wildman–Crippen MR) is 81.2 cm³/mol. The first-order valence-electron chi connectivity index (χ1n) is 6.72. The Labute approximate surface area is 125 Å². The predicted octanol–water partition coefficient (Wildman–Crippen LogP) is 2.90. The summed E-state index contributed by atoms with van der Waals surface area (Å²) < 4.78 is 0. The molecule has 1 fully saturated rings. The van der Waals surface area contributed by atoms with E-state index in [4.69, 9.17) is 0 Å². The van der Waals surface area contributed by atoms with Crippen LogP contribution in [0.5, 0.6) is 0 Å². The Morgan fingerprint density at radius 3 is 2.95 bits per heavy atom. The van der Waals surface area contributed by atoms with Crippen molar-refractivity contribution >= 4 is 28.6 Å². The maximum absolute atomic E-state index is 12.2. The van der Waals surface area contributed by atoms with Gasteiger partial charge in [0.1, 0.15) is 10.7 Å². The quantitative estimate of drug-likeness (QED) is 0.916. The van der Waals surface area contributed by atoms with E-state index in [0.717, 1.165) is 35.6 Å². The second-order valence-corrected chi connectivity index (χ2v) is 6.75. The molecule has 1 aliphatic rings. The molecule has 2 N–H and O–H groups in total. The molecule has 2 aromatic heterocycles. The van der Waals surface area contributed by atoms with Gasteiger partial charge in [-0.05, 0) is 24.3 Å². The normalized spacial score (nSPS) is 22.6. The molecule has 1 aliphatic carbocycles. The Kier molecular flexibility index (Phi) is 4.14. The Balaban J connectivity index is 1.68. The summed E-state index contributed by atoms with van der Waals surface area (Å²) in [6.45, 7) is 0. The zero-order valence-electron chi connectivity index (χ0n) is 10.9. The van der Waals surface area contributed by atoms with Crippen LogP contribution in [0.1, 0.15) is 36.2 Å². The van der Waals surface area contributed by atoms with Crippen LogP contribution < -0.4 is 5.32 Å². The van der Waals surface area contributed by atoms with Crippen molar-refractivity contribution in [1.29, 1.82) is 0 Å². The third-order valence-corrected chi connectivity index (χ3v) is 5.40. The standard InChI is InChI=1S/C14H16N2O2S2/c17-11-5-2-1-4-9(11)15-13(18)10-8-20-14(16-10)12-6-3-7-19-12/h3,6-9,11,17H,1-2,4-5H2,(H,15,18). The third kappa shape index (κ3) is 2.92. The summed E-state index contributed by atoms with van der Waals surface area (Å²) in [7, 11) is 0. The maximum atomic E-state index is 12.2. The summed E-state index contributed by atoms with van der Waals surface area (Å²) in [5.41, 5.74) is 0.441. The number of hydrogen-bond acceptors (Lipinski definition) is 5. The molecule has 0 aliphatic heterocycles. The third-order valence-electron chi connectivity index (χ3n) is 3.51. The molecule has 6 heteroatoms. The molecule has 0 aromatic carbocycles. The minimum absolute atomic E-state index is 0.136. The SMILES string of the molecule is O=C(NC1CCCCC1O)c1csc(-c2cccs2)n1. The minimum Gasteiger partial charge on any atom is -0.391 e. The Morgan fingerprint density at radius 1 is 1.35 bits per heavy atom. The van der Waals surface area contributed by atoms with Crippen molar-refractivity contribution in [2.24, 2.45) is 0 Å². The van der Waals surface area contributed by atoms with E-state index in [-0.39, 0.29) is 11.9 Å². The fraction of sp³-hybridized carbons (Fsp3) is 0.429. The van der Waals surface area contributed by atoms with Gasteiger partial charge in [0.15, 0.2) is 0 Å². The molecule has 106 valence electrons. The van der Waals surface area contributed by atoms with Gasteiger partial charge in [-0.15, -0.1) is 22.7 Å². The van der Waals surface area contributed by atoms with Gasteiger partial charge in [-0.3, -0.25) is 4.79 Å². The number of nitrogens with zero attached hydrogens (tertiary/aromatic N) is 1. The zero-order valence-corrected chi connectivity index (χ0v) is 12.5. The van der Waals surface area contributed by atoms with Crippen LogP contribution in [-0.2, 0) is 0 Å². The van der Waals surface area contributed by atoms with Crippen molar-refractivity contribution < 1.29 is 9.90 Å². The van der Waals surface area contributed by atoms with Gasteiger partial charge in [-0.2, -0.15) is 0 Å². The first-order valence-corrected chi connectivity index (χ1v) is 8.48. The highest BCUT2D eigenvalue weighted by molar-refractivity contribution is 7.20. The summed E-state index contributed by atoms with van der Waals surface area (Å²) in [5.74, 6) is -0.185. The van der Waals surface area contributed by atoms with E-state index in [2.05, 4.69) is 10.3 Å². The number of rotatable bonds is 3. The van der Waals surface area contributed by atoms with Crippen LogP contribution in [0.2, 0.25) is 0 Å².